The van der Waals surface area contributed by atoms with Crippen LogP contribution in [0, 0.1) is 11.8 Å². The molecule has 3 aliphatic heterocycles. The van der Waals surface area contributed by atoms with E-state index in [1.54, 1.807) is 0 Å². The molecule has 4 aliphatic rings. The lowest BCUT2D eigenvalue weighted by atomic mass is 9.83. The molecular weight excluding hydrogens is 436 g/mol. The van der Waals surface area contributed by atoms with E-state index in [0.29, 0.717) is 11.6 Å². The van der Waals surface area contributed by atoms with E-state index in [2.05, 4.69) is 20.1 Å². The zero-order chi connectivity index (χ0) is 23.6. The molecular formula is C29H42N4O2. The van der Waals surface area contributed by atoms with E-state index >= 15 is 0 Å². The largest absolute Gasteiger partial charge is 0.493 e. The number of carbonyl (C=O) groups is 1. The Bertz CT molecular complexity index is 1010. The van der Waals surface area contributed by atoms with Crippen molar-refractivity contribution in [3.63, 3.8) is 0 Å². The van der Waals surface area contributed by atoms with E-state index in [4.69, 9.17) is 4.74 Å². The van der Waals surface area contributed by atoms with Gasteiger partial charge in [0.1, 0.15) is 11.4 Å². The fraction of sp³-hybridized carbons (Fsp3) is 0.690. The zero-order valence-corrected chi connectivity index (χ0v) is 21.1. The van der Waals surface area contributed by atoms with E-state index in [0.717, 1.165) is 61.2 Å². The van der Waals surface area contributed by atoms with Crippen molar-refractivity contribution in [1.29, 1.82) is 0 Å². The van der Waals surface area contributed by atoms with Gasteiger partial charge >= 0.3 is 0 Å². The Kier molecular flexibility index (Phi) is 7.02. The molecule has 2 N–H and O–H groups in total. The van der Waals surface area contributed by atoms with Crippen molar-refractivity contribution in [3.8, 4) is 5.75 Å². The molecule has 1 saturated carbocycles. The highest BCUT2D eigenvalue weighted by atomic mass is 16.5. The Hall–Kier alpha value is -2.05. The third kappa shape index (κ3) is 5.24. The van der Waals surface area contributed by atoms with Crippen LogP contribution >= 0.6 is 0 Å². The average Bonchev–Trinajstić information content (AvgIpc) is 3.30. The molecule has 0 radical (unpaired) electrons. The van der Waals surface area contributed by atoms with Gasteiger partial charge in [0.2, 0.25) is 0 Å². The smallest absolute Gasteiger partial charge is 0.267 e. The van der Waals surface area contributed by atoms with Gasteiger partial charge in [0.15, 0.2) is 0 Å². The van der Waals surface area contributed by atoms with Crippen LogP contribution in [0.3, 0.4) is 0 Å². The average molecular weight is 479 g/mol. The molecule has 4 heterocycles. The monoisotopic (exact) mass is 478 g/mol. The second kappa shape index (κ2) is 10.5. The molecule has 0 bridgehead atoms. The van der Waals surface area contributed by atoms with Gasteiger partial charge in [-0.3, -0.25) is 4.79 Å². The molecule has 35 heavy (non-hydrogen) atoms. The van der Waals surface area contributed by atoms with Crippen molar-refractivity contribution in [1.82, 2.24) is 20.1 Å². The van der Waals surface area contributed by atoms with Crippen LogP contribution in [0.25, 0.3) is 10.9 Å². The highest BCUT2D eigenvalue weighted by molar-refractivity contribution is 5.99. The molecule has 1 aromatic carbocycles. The van der Waals surface area contributed by atoms with Gasteiger partial charge in [0.05, 0.1) is 6.61 Å². The first-order valence-electron chi connectivity index (χ1n) is 14.2. The summed E-state index contributed by atoms with van der Waals surface area (Å²) >= 11 is 0. The van der Waals surface area contributed by atoms with E-state index < -0.39 is 0 Å². The highest BCUT2D eigenvalue weighted by Gasteiger charge is 2.34. The Balaban J connectivity index is 1.01. The molecule has 3 saturated heterocycles. The van der Waals surface area contributed by atoms with Gasteiger partial charge in [0.25, 0.3) is 5.91 Å². The number of rotatable bonds is 7. The molecule has 4 fully saturated rings. The fourth-order valence-corrected chi connectivity index (χ4v) is 6.89. The van der Waals surface area contributed by atoms with Crippen molar-refractivity contribution >= 4 is 16.8 Å². The van der Waals surface area contributed by atoms with E-state index in [9.17, 15) is 4.79 Å². The third-order valence-corrected chi connectivity index (χ3v) is 9.21. The summed E-state index contributed by atoms with van der Waals surface area (Å²) in [5.74, 6) is 2.42. The summed E-state index contributed by atoms with van der Waals surface area (Å²) in [5.41, 5.74) is 1.61. The van der Waals surface area contributed by atoms with Crippen LogP contribution in [-0.2, 0) is 0 Å². The minimum Gasteiger partial charge on any atom is -0.493 e. The third-order valence-electron chi connectivity index (χ3n) is 9.21. The fourth-order valence-electron chi connectivity index (χ4n) is 6.89. The predicted molar refractivity (Wildman–Crippen MR) is 140 cm³/mol. The van der Waals surface area contributed by atoms with Crippen LogP contribution in [0.4, 0.5) is 0 Å². The summed E-state index contributed by atoms with van der Waals surface area (Å²) in [6.07, 6.45) is 12.9. The number of ether oxygens (including phenoxy) is 1. The lowest BCUT2D eigenvalue weighted by Gasteiger charge is -2.46. The molecule has 6 rings (SSSR count). The van der Waals surface area contributed by atoms with Gasteiger partial charge in [-0.25, -0.2) is 0 Å². The van der Waals surface area contributed by atoms with Gasteiger partial charge < -0.3 is 24.8 Å². The van der Waals surface area contributed by atoms with Gasteiger partial charge in [0, 0.05) is 42.6 Å². The summed E-state index contributed by atoms with van der Waals surface area (Å²) in [6.45, 7) is 6.85. The first-order valence-corrected chi connectivity index (χ1v) is 14.2. The van der Waals surface area contributed by atoms with E-state index in [1.165, 1.54) is 71.0 Å². The topological polar surface area (TPSA) is 60.6 Å². The number of amides is 1. The first kappa shape index (κ1) is 23.4. The molecule has 1 amide bonds. The molecule has 0 unspecified atom stereocenters. The highest BCUT2D eigenvalue weighted by Crippen LogP contribution is 2.33. The number of likely N-dealkylation sites (tertiary alicyclic amines) is 1. The summed E-state index contributed by atoms with van der Waals surface area (Å²) < 4.78 is 6.11. The van der Waals surface area contributed by atoms with Crippen LogP contribution in [-0.4, -0.2) is 72.1 Å². The number of hydrogen-bond acceptors (Lipinski definition) is 4. The lowest BCUT2D eigenvalue weighted by molar-refractivity contribution is 0.0351. The van der Waals surface area contributed by atoms with Crippen LogP contribution < -0.4 is 10.1 Å². The van der Waals surface area contributed by atoms with Gasteiger partial charge in [-0.05, 0) is 94.5 Å². The standard InChI is InChI=1S/C29H42N4O2/c34-29(26-18-24-25(31-26)9-4-11-28(24)35-20-21-6-3-7-21)30-23-12-16-32(17-13-23)19-22-8-5-15-33-14-2-1-10-27(22)33/h4,9,11,18,21-23,27,31H,1-3,5-8,10,12-17,19-20H2,(H,30,34)/t22-,27+/m0/s1. The predicted octanol–water partition coefficient (Wildman–Crippen LogP) is 4.81. The molecule has 2 atom stereocenters. The van der Waals surface area contributed by atoms with Gasteiger partial charge in [-0.1, -0.05) is 18.9 Å². The molecule has 1 aromatic heterocycles. The maximum absolute atomic E-state index is 13.1. The summed E-state index contributed by atoms with van der Waals surface area (Å²) in [6, 6.07) is 9.10. The van der Waals surface area contributed by atoms with Crippen molar-refractivity contribution in [2.45, 2.75) is 76.3 Å². The minimum absolute atomic E-state index is 0.00900. The van der Waals surface area contributed by atoms with Crippen LogP contribution in [0.1, 0.15) is 74.7 Å². The van der Waals surface area contributed by atoms with Crippen LogP contribution in [0.2, 0.25) is 0 Å². The number of aromatic nitrogens is 1. The Labute approximate surface area is 209 Å². The quantitative estimate of drug-likeness (QED) is 0.600. The second-order valence-corrected chi connectivity index (χ2v) is 11.6. The molecule has 190 valence electrons. The number of hydrogen-bond donors (Lipinski definition) is 2. The Morgan fingerprint density at radius 1 is 0.971 bits per heavy atom. The SMILES string of the molecule is O=C(NC1CCN(C[C@@H]2CCCN3CCCC[C@H]23)CC1)c1cc2c(OCC3CCC3)cccc2[nH]1. The van der Waals surface area contributed by atoms with E-state index in [-0.39, 0.29) is 11.9 Å². The lowest BCUT2D eigenvalue weighted by Crippen LogP contribution is -2.52. The molecule has 1 aliphatic carbocycles. The summed E-state index contributed by atoms with van der Waals surface area (Å²) in [4.78, 5) is 21.8. The molecule has 0 spiro atoms. The Morgan fingerprint density at radius 3 is 2.66 bits per heavy atom. The van der Waals surface area contributed by atoms with Crippen LogP contribution in [0.5, 0.6) is 5.75 Å². The maximum atomic E-state index is 13.1. The van der Waals surface area contributed by atoms with Crippen molar-refractivity contribution in [3.05, 3.63) is 30.0 Å². The Morgan fingerprint density at radius 2 is 1.83 bits per heavy atom. The second-order valence-electron chi connectivity index (χ2n) is 11.6. The van der Waals surface area contributed by atoms with Crippen molar-refractivity contribution in [2.75, 3.05) is 39.3 Å². The zero-order valence-electron chi connectivity index (χ0n) is 21.1. The number of benzene rings is 1. The minimum atomic E-state index is 0.00900. The number of piperidine rings is 3. The maximum Gasteiger partial charge on any atom is 0.267 e. The van der Waals surface area contributed by atoms with Gasteiger partial charge in [-0.2, -0.15) is 0 Å². The normalized spacial score (nSPS) is 26.9. The summed E-state index contributed by atoms with van der Waals surface area (Å²) in [5, 5.41) is 4.32. The summed E-state index contributed by atoms with van der Waals surface area (Å²) in [7, 11) is 0. The number of nitrogens with one attached hydrogen (secondary N) is 2. The first-order chi connectivity index (χ1) is 17.2. The molecule has 6 heteroatoms. The number of H-pyrrole nitrogens is 1. The molecule has 2 aromatic rings. The number of carbonyl (C=O) groups excluding carboxylic acids is 1. The van der Waals surface area contributed by atoms with Crippen molar-refractivity contribution in [2.24, 2.45) is 11.8 Å². The number of nitrogens with zero attached hydrogens (tertiary/aromatic N) is 2. The number of fused-ring (bicyclic) bond motifs is 2. The number of aromatic amines is 1. The van der Waals surface area contributed by atoms with Crippen LogP contribution in [0.15, 0.2) is 24.3 Å². The van der Waals surface area contributed by atoms with Gasteiger partial charge in [-0.15, -0.1) is 0 Å². The van der Waals surface area contributed by atoms with Crippen molar-refractivity contribution < 1.29 is 9.53 Å². The molecule has 6 nitrogen and oxygen atoms in total. The van der Waals surface area contributed by atoms with E-state index in [1.807, 2.05) is 24.3 Å².